The molecular weight excluding hydrogens is 358 g/mol. The smallest absolute Gasteiger partial charge is 0.306 e. The Kier molecular flexibility index (Phi) is 6.26. The third-order valence-corrected chi connectivity index (χ3v) is 4.74. The van der Waals surface area contributed by atoms with E-state index >= 15 is 0 Å². The summed E-state index contributed by atoms with van der Waals surface area (Å²) < 4.78 is 12.4. The number of hydrogen-bond donors (Lipinski definition) is 1. The minimum absolute atomic E-state index is 0.0748. The summed E-state index contributed by atoms with van der Waals surface area (Å²) in [5, 5.41) is 17.5. The number of aryl methyl sites for hydroxylation is 1. The van der Waals surface area contributed by atoms with Crippen LogP contribution in [0.2, 0.25) is 0 Å². The zero-order valence-corrected chi connectivity index (χ0v) is 16.4. The second kappa shape index (κ2) is 8.84. The van der Waals surface area contributed by atoms with Crippen molar-refractivity contribution in [3.05, 3.63) is 53.1 Å². The molecule has 7 heteroatoms. The molecule has 0 fully saturated rings. The lowest BCUT2D eigenvalue weighted by molar-refractivity contribution is -0.143. The normalized spacial score (nSPS) is 12.1. The van der Waals surface area contributed by atoms with Gasteiger partial charge in [-0.3, -0.25) is 4.79 Å². The number of hydrogen-bond acceptors (Lipinski definition) is 6. The van der Waals surface area contributed by atoms with Gasteiger partial charge < -0.3 is 14.6 Å². The van der Waals surface area contributed by atoms with Crippen molar-refractivity contribution in [3.8, 4) is 5.75 Å². The number of nitrogens with zero attached hydrogens (tertiary/aromatic N) is 3. The number of aliphatic hydroxyl groups is 1. The third-order valence-electron chi connectivity index (χ3n) is 4.74. The molecule has 3 rings (SSSR count). The lowest BCUT2D eigenvalue weighted by Gasteiger charge is -2.19. The molecule has 148 valence electrons. The fraction of sp³-hybridized carbons (Fsp3) is 0.381. The van der Waals surface area contributed by atoms with Crippen molar-refractivity contribution in [3.63, 3.8) is 0 Å². The van der Waals surface area contributed by atoms with Gasteiger partial charge in [-0.1, -0.05) is 29.5 Å². The number of benzene rings is 2. The summed E-state index contributed by atoms with van der Waals surface area (Å²) >= 11 is 0. The number of aliphatic hydroxyl groups excluding tert-OH is 1. The van der Waals surface area contributed by atoms with E-state index < -0.39 is 0 Å². The minimum Gasteiger partial charge on any atom is -0.494 e. The molecule has 28 heavy (non-hydrogen) atoms. The van der Waals surface area contributed by atoms with Crippen LogP contribution >= 0.6 is 0 Å². The molecule has 1 heterocycles. The van der Waals surface area contributed by atoms with Crippen LogP contribution in [-0.2, 0) is 23.0 Å². The number of ether oxygens (including phenoxy) is 2. The first-order chi connectivity index (χ1) is 13.6. The van der Waals surface area contributed by atoms with Crippen LogP contribution < -0.4 is 4.74 Å². The van der Waals surface area contributed by atoms with Crippen molar-refractivity contribution < 1.29 is 19.4 Å². The van der Waals surface area contributed by atoms with E-state index in [1.54, 1.807) is 18.7 Å². The van der Waals surface area contributed by atoms with Gasteiger partial charge in [-0.2, -0.15) is 0 Å². The van der Waals surface area contributed by atoms with E-state index in [1.807, 2.05) is 43.4 Å². The first kappa shape index (κ1) is 19.8. The molecule has 2 aromatic carbocycles. The van der Waals surface area contributed by atoms with Crippen LogP contribution in [0.5, 0.6) is 5.75 Å². The van der Waals surface area contributed by atoms with E-state index in [0.717, 1.165) is 22.2 Å². The minimum atomic E-state index is -0.265. The Bertz CT molecular complexity index is 967. The molecule has 1 N–H and O–H groups in total. The molecule has 0 spiro atoms. The lowest BCUT2D eigenvalue weighted by Crippen LogP contribution is -2.12. The predicted molar refractivity (Wildman–Crippen MR) is 105 cm³/mol. The molecule has 0 amide bonds. The summed E-state index contributed by atoms with van der Waals surface area (Å²) in [6, 6.07) is 11.8. The van der Waals surface area contributed by atoms with Gasteiger partial charge in [0, 0.05) is 19.6 Å². The number of carbonyl (C=O) groups excluding carboxylic acids is 1. The first-order valence-electron chi connectivity index (χ1n) is 9.30. The molecule has 1 aromatic heterocycles. The average molecular weight is 383 g/mol. The quantitative estimate of drug-likeness (QED) is 0.602. The summed E-state index contributed by atoms with van der Waals surface area (Å²) in [5.41, 5.74) is 4.40. The van der Waals surface area contributed by atoms with Gasteiger partial charge in [0.1, 0.15) is 16.8 Å². The molecule has 0 saturated carbocycles. The van der Waals surface area contributed by atoms with Crippen molar-refractivity contribution in [1.82, 2.24) is 15.0 Å². The number of methoxy groups -OCH3 is 1. The predicted octanol–water partition coefficient (Wildman–Crippen LogP) is 2.60. The van der Waals surface area contributed by atoms with Crippen molar-refractivity contribution in [2.45, 2.75) is 25.7 Å². The highest BCUT2D eigenvalue weighted by Gasteiger charge is 2.22. The molecule has 0 saturated heterocycles. The van der Waals surface area contributed by atoms with Gasteiger partial charge in [0.05, 0.1) is 20.1 Å². The maximum absolute atomic E-state index is 12.3. The van der Waals surface area contributed by atoms with Gasteiger partial charge >= 0.3 is 5.97 Å². The van der Waals surface area contributed by atoms with Gasteiger partial charge in [-0.25, -0.2) is 4.68 Å². The zero-order valence-electron chi connectivity index (χ0n) is 16.4. The van der Waals surface area contributed by atoms with Gasteiger partial charge in [-0.05, 0) is 42.2 Å². The van der Waals surface area contributed by atoms with Gasteiger partial charge in [0.25, 0.3) is 0 Å². The summed E-state index contributed by atoms with van der Waals surface area (Å²) in [5.74, 6) is 0.164. The SMILES string of the molecule is CCOC(=O)CC(c1cccc(CCO)c1)c1cc(OC)c2c(c1)nnn2C. The van der Waals surface area contributed by atoms with Crippen molar-refractivity contribution in [2.24, 2.45) is 7.05 Å². The Morgan fingerprint density at radius 1 is 1.25 bits per heavy atom. The van der Waals surface area contributed by atoms with Crippen LogP contribution in [0.4, 0.5) is 0 Å². The molecule has 0 aliphatic rings. The van der Waals surface area contributed by atoms with Crippen LogP contribution in [0.3, 0.4) is 0 Å². The molecule has 7 nitrogen and oxygen atoms in total. The topological polar surface area (TPSA) is 86.5 Å². The number of carbonyl (C=O) groups is 1. The first-order valence-corrected chi connectivity index (χ1v) is 9.30. The summed E-state index contributed by atoms with van der Waals surface area (Å²) in [6.45, 7) is 2.21. The average Bonchev–Trinajstić information content (AvgIpc) is 3.07. The largest absolute Gasteiger partial charge is 0.494 e. The second-order valence-corrected chi connectivity index (χ2v) is 6.58. The standard InChI is InChI=1S/C21H25N3O4/c1-4-28-20(26)13-17(15-7-5-6-14(10-15)8-9-25)16-11-18-21(19(12-16)27-3)24(2)23-22-18/h5-7,10-12,17,25H,4,8-9,13H2,1-3H3. The molecule has 0 bridgehead atoms. The van der Waals surface area contributed by atoms with Crippen LogP contribution in [0.1, 0.15) is 36.0 Å². The maximum atomic E-state index is 12.3. The molecule has 1 atom stereocenters. The Morgan fingerprint density at radius 3 is 2.79 bits per heavy atom. The van der Waals surface area contributed by atoms with E-state index in [1.165, 1.54) is 0 Å². The van der Waals surface area contributed by atoms with Crippen LogP contribution in [0.15, 0.2) is 36.4 Å². The monoisotopic (exact) mass is 383 g/mol. The van der Waals surface area contributed by atoms with Crippen LogP contribution in [-0.4, -0.2) is 46.4 Å². The Balaban J connectivity index is 2.09. The fourth-order valence-electron chi connectivity index (χ4n) is 3.44. The molecule has 0 radical (unpaired) electrons. The van der Waals surface area contributed by atoms with Crippen LogP contribution in [0, 0.1) is 0 Å². The van der Waals surface area contributed by atoms with E-state index in [0.29, 0.717) is 24.3 Å². The van der Waals surface area contributed by atoms with Crippen LogP contribution in [0.25, 0.3) is 11.0 Å². The second-order valence-electron chi connectivity index (χ2n) is 6.58. The highest BCUT2D eigenvalue weighted by Crippen LogP contribution is 2.35. The summed E-state index contributed by atoms with van der Waals surface area (Å²) in [7, 11) is 3.42. The van der Waals surface area contributed by atoms with E-state index in [-0.39, 0.29) is 24.9 Å². The summed E-state index contributed by atoms with van der Waals surface area (Å²) in [6.07, 6.45) is 0.762. The highest BCUT2D eigenvalue weighted by molar-refractivity contribution is 5.83. The number of rotatable bonds is 8. The van der Waals surface area contributed by atoms with Gasteiger partial charge in [-0.15, -0.1) is 5.10 Å². The van der Waals surface area contributed by atoms with Crippen molar-refractivity contribution in [1.29, 1.82) is 0 Å². The van der Waals surface area contributed by atoms with Gasteiger partial charge in [0.15, 0.2) is 0 Å². The molecule has 3 aromatic rings. The molecule has 1 unspecified atom stereocenters. The van der Waals surface area contributed by atoms with E-state index in [2.05, 4.69) is 10.3 Å². The van der Waals surface area contributed by atoms with E-state index in [9.17, 15) is 9.90 Å². The molecule has 0 aliphatic carbocycles. The molecular formula is C21H25N3O4. The fourth-order valence-corrected chi connectivity index (χ4v) is 3.44. The Labute approximate surface area is 163 Å². The summed E-state index contributed by atoms with van der Waals surface area (Å²) in [4.78, 5) is 12.3. The Morgan fingerprint density at radius 2 is 2.07 bits per heavy atom. The van der Waals surface area contributed by atoms with Crippen molar-refractivity contribution >= 4 is 17.0 Å². The van der Waals surface area contributed by atoms with E-state index in [4.69, 9.17) is 9.47 Å². The number of esters is 1. The number of aromatic nitrogens is 3. The van der Waals surface area contributed by atoms with Crippen molar-refractivity contribution in [2.75, 3.05) is 20.3 Å². The molecule has 0 aliphatic heterocycles. The van der Waals surface area contributed by atoms with Gasteiger partial charge in [0.2, 0.25) is 0 Å². The third kappa shape index (κ3) is 4.14. The zero-order chi connectivity index (χ0) is 20.1. The Hall–Kier alpha value is -2.93. The lowest BCUT2D eigenvalue weighted by atomic mass is 9.87. The highest BCUT2D eigenvalue weighted by atomic mass is 16.5. The number of fused-ring (bicyclic) bond motifs is 1. The maximum Gasteiger partial charge on any atom is 0.306 e.